The van der Waals surface area contributed by atoms with E-state index < -0.39 is 0 Å². The van der Waals surface area contributed by atoms with E-state index in [0.717, 1.165) is 24.7 Å². The van der Waals surface area contributed by atoms with Gasteiger partial charge in [0, 0.05) is 0 Å². The predicted octanol–water partition coefficient (Wildman–Crippen LogP) is 3.61. The molecule has 1 nitrogen and oxygen atoms in total. The number of aliphatic hydroxyl groups is 1. The molecule has 0 saturated heterocycles. The first-order valence-corrected chi connectivity index (χ1v) is 6.97. The maximum absolute atomic E-state index is 10.3. The summed E-state index contributed by atoms with van der Waals surface area (Å²) in [6.07, 6.45) is 6.22. The van der Waals surface area contributed by atoms with Crippen LogP contribution in [-0.4, -0.2) is 11.2 Å². The van der Waals surface area contributed by atoms with Crippen LogP contribution in [0.3, 0.4) is 0 Å². The topological polar surface area (TPSA) is 20.2 Å². The average molecular weight is 222 g/mol. The molecule has 3 rings (SSSR count). The number of rotatable bonds is 0. The van der Waals surface area contributed by atoms with E-state index in [1.54, 1.807) is 0 Å². The summed E-state index contributed by atoms with van der Waals surface area (Å²) in [5, 5.41) is 10.3. The second kappa shape index (κ2) is 2.85. The molecule has 0 radical (unpaired) electrons. The van der Waals surface area contributed by atoms with Gasteiger partial charge < -0.3 is 5.11 Å². The molecule has 3 aliphatic carbocycles. The summed E-state index contributed by atoms with van der Waals surface area (Å²) in [4.78, 5) is 0. The van der Waals surface area contributed by atoms with E-state index in [4.69, 9.17) is 0 Å². The van der Waals surface area contributed by atoms with Crippen molar-refractivity contribution in [3.05, 3.63) is 0 Å². The average Bonchev–Trinajstić information content (AvgIpc) is 2.45. The summed E-state index contributed by atoms with van der Waals surface area (Å²) in [7, 11) is 0. The summed E-state index contributed by atoms with van der Waals surface area (Å²) in [5.74, 6) is 1.73. The minimum Gasteiger partial charge on any atom is -0.393 e. The molecule has 0 amide bonds. The first kappa shape index (κ1) is 11.1. The van der Waals surface area contributed by atoms with Gasteiger partial charge in [0.05, 0.1) is 6.10 Å². The molecule has 0 aromatic heterocycles. The fourth-order valence-electron chi connectivity index (χ4n) is 5.67. The van der Waals surface area contributed by atoms with Crippen molar-refractivity contribution in [2.24, 2.45) is 28.1 Å². The maximum atomic E-state index is 10.3. The Morgan fingerprint density at radius 3 is 2.31 bits per heavy atom. The Morgan fingerprint density at radius 1 is 0.938 bits per heavy atom. The molecular formula is C15H26O. The van der Waals surface area contributed by atoms with Crippen LogP contribution >= 0.6 is 0 Å². The van der Waals surface area contributed by atoms with Crippen LogP contribution in [0, 0.1) is 28.1 Å². The summed E-state index contributed by atoms with van der Waals surface area (Å²) in [6.45, 7) is 9.73. The Labute approximate surface area is 99.6 Å². The Balaban J connectivity index is 2.08. The van der Waals surface area contributed by atoms with Crippen LogP contribution < -0.4 is 0 Å². The van der Waals surface area contributed by atoms with Gasteiger partial charge in [0.25, 0.3) is 0 Å². The molecule has 3 saturated carbocycles. The van der Waals surface area contributed by atoms with Crippen LogP contribution in [0.15, 0.2) is 0 Å². The van der Waals surface area contributed by atoms with Crippen molar-refractivity contribution in [2.45, 2.75) is 65.9 Å². The normalized spacial score (nSPS) is 58.7. The lowest BCUT2D eigenvalue weighted by Crippen LogP contribution is -2.35. The van der Waals surface area contributed by atoms with Gasteiger partial charge in [-0.25, -0.2) is 0 Å². The number of hydrogen-bond donors (Lipinski definition) is 1. The summed E-state index contributed by atoms with van der Waals surface area (Å²) in [5.41, 5.74) is 1.28. The molecule has 1 N–H and O–H groups in total. The molecule has 5 unspecified atom stereocenters. The lowest BCUT2D eigenvalue weighted by molar-refractivity contribution is 0.0164. The molecule has 92 valence electrons. The largest absolute Gasteiger partial charge is 0.393 e. The molecule has 0 aliphatic heterocycles. The van der Waals surface area contributed by atoms with Gasteiger partial charge in [-0.15, -0.1) is 0 Å². The Kier molecular flexibility index (Phi) is 1.98. The van der Waals surface area contributed by atoms with E-state index >= 15 is 0 Å². The number of hydrogen-bond acceptors (Lipinski definition) is 1. The second-order valence-electron chi connectivity index (χ2n) is 7.98. The summed E-state index contributed by atoms with van der Waals surface area (Å²) < 4.78 is 0. The second-order valence-corrected chi connectivity index (χ2v) is 7.98. The Bertz CT molecular complexity index is 321. The molecule has 3 aliphatic rings. The minimum absolute atomic E-state index is 0.0646. The quantitative estimate of drug-likeness (QED) is 0.664. The highest BCUT2D eigenvalue weighted by atomic mass is 16.3. The van der Waals surface area contributed by atoms with E-state index in [2.05, 4.69) is 27.7 Å². The van der Waals surface area contributed by atoms with Gasteiger partial charge in [0.15, 0.2) is 0 Å². The van der Waals surface area contributed by atoms with Gasteiger partial charge >= 0.3 is 0 Å². The van der Waals surface area contributed by atoms with Crippen molar-refractivity contribution in [2.75, 3.05) is 0 Å². The fourth-order valence-corrected chi connectivity index (χ4v) is 5.67. The third kappa shape index (κ3) is 1.11. The van der Waals surface area contributed by atoms with Crippen molar-refractivity contribution in [1.82, 2.24) is 0 Å². The van der Waals surface area contributed by atoms with E-state index in [0.29, 0.717) is 16.2 Å². The van der Waals surface area contributed by atoms with E-state index in [1.165, 1.54) is 19.3 Å². The number of aliphatic hydroxyl groups excluding tert-OH is 1. The Hall–Kier alpha value is -0.0400. The smallest absolute Gasteiger partial charge is 0.0551 e. The van der Waals surface area contributed by atoms with E-state index in [1.807, 2.05) is 0 Å². The standard InChI is InChI=1S/C15H26O/c1-13(2)7-10(16)8-15(4)11-5-6-14(15,3)9-12(11)13/h10-12,16H,5-9H2,1-4H3. The molecular weight excluding hydrogens is 196 g/mol. The highest BCUT2D eigenvalue weighted by Gasteiger charge is 2.66. The first-order valence-electron chi connectivity index (χ1n) is 6.97. The lowest BCUT2D eigenvalue weighted by Gasteiger charge is -2.42. The minimum atomic E-state index is -0.0646. The van der Waals surface area contributed by atoms with Crippen molar-refractivity contribution >= 4 is 0 Å². The van der Waals surface area contributed by atoms with Crippen LogP contribution in [0.4, 0.5) is 0 Å². The lowest BCUT2D eigenvalue weighted by atomic mass is 9.64. The van der Waals surface area contributed by atoms with Gasteiger partial charge in [-0.1, -0.05) is 27.7 Å². The Morgan fingerprint density at radius 2 is 1.62 bits per heavy atom. The molecule has 0 heterocycles. The molecule has 5 atom stereocenters. The zero-order valence-corrected chi connectivity index (χ0v) is 11.2. The van der Waals surface area contributed by atoms with E-state index in [-0.39, 0.29) is 6.10 Å². The summed E-state index contributed by atoms with van der Waals surface area (Å²) >= 11 is 0. The van der Waals surface area contributed by atoms with Crippen LogP contribution in [-0.2, 0) is 0 Å². The van der Waals surface area contributed by atoms with Gasteiger partial charge in [-0.05, 0) is 60.2 Å². The molecule has 1 heteroatoms. The SMILES string of the molecule is CC1(C)CC(O)CC2(C)C3CCC2(C)CC31. The molecule has 3 fully saturated rings. The van der Waals surface area contributed by atoms with E-state index in [9.17, 15) is 5.11 Å². The van der Waals surface area contributed by atoms with Gasteiger partial charge in [0.1, 0.15) is 0 Å². The molecule has 0 spiro atoms. The zero-order valence-electron chi connectivity index (χ0n) is 11.2. The van der Waals surface area contributed by atoms with Crippen LogP contribution in [0.1, 0.15) is 59.8 Å². The maximum Gasteiger partial charge on any atom is 0.0551 e. The molecule has 0 aromatic carbocycles. The molecule has 0 aromatic rings. The van der Waals surface area contributed by atoms with Gasteiger partial charge in [0.2, 0.25) is 0 Å². The van der Waals surface area contributed by atoms with Crippen LogP contribution in [0.2, 0.25) is 0 Å². The van der Waals surface area contributed by atoms with Crippen LogP contribution in [0.25, 0.3) is 0 Å². The first-order chi connectivity index (χ1) is 7.29. The molecule has 4 bridgehead atoms. The zero-order chi connectivity index (χ0) is 11.8. The highest BCUT2D eigenvalue weighted by molar-refractivity contribution is 5.15. The third-order valence-corrected chi connectivity index (χ3v) is 6.79. The summed E-state index contributed by atoms with van der Waals surface area (Å²) in [6, 6.07) is 0. The molecule has 16 heavy (non-hydrogen) atoms. The van der Waals surface area contributed by atoms with Crippen molar-refractivity contribution in [3.63, 3.8) is 0 Å². The third-order valence-electron chi connectivity index (χ3n) is 6.79. The fraction of sp³-hybridized carbons (Fsp3) is 1.00. The van der Waals surface area contributed by atoms with Crippen molar-refractivity contribution < 1.29 is 5.11 Å². The van der Waals surface area contributed by atoms with Gasteiger partial charge in [-0.2, -0.15) is 0 Å². The van der Waals surface area contributed by atoms with Gasteiger partial charge in [-0.3, -0.25) is 0 Å². The van der Waals surface area contributed by atoms with Crippen molar-refractivity contribution in [1.29, 1.82) is 0 Å². The van der Waals surface area contributed by atoms with Crippen molar-refractivity contribution in [3.8, 4) is 0 Å². The highest BCUT2D eigenvalue weighted by Crippen LogP contribution is 2.74. The predicted molar refractivity (Wildman–Crippen MR) is 66.1 cm³/mol. The van der Waals surface area contributed by atoms with Crippen LogP contribution in [0.5, 0.6) is 0 Å². The monoisotopic (exact) mass is 222 g/mol.